The van der Waals surface area contributed by atoms with E-state index in [1.54, 1.807) is 7.05 Å². The molecule has 156 valence electrons. The Hall–Kier alpha value is -3.56. The van der Waals surface area contributed by atoms with Crippen LogP contribution in [0.2, 0.25) is 0 Å². The number of allylic oxidation sites excluding steroid dienone is 4. The van der Waals surface area contributed by atoms with E-state index in [4.69, 9.17) is 5.73 Å². The summed E-state index contributed by atoms with van der Waals surface area (Å²) in [5.74, 6) is -0.592. The normalized spacial score (nSPS) is 28.9. The lowest BCUT2D eigenvalue weighted by atomic mass is 9.46. The predicted molar refractivity (Wildman–Crippen MR) is 116 cm³/mol. The van der Waals surface area contributed by atoms with E-state index >= 15 is 0 Å². The van der Waals surface area contributed by atoms with Crippen LogP contribution in [0.1, 0.15) is 39.2 Å². The minimum absolute atomic E-state index is 0.0439. The molecule has 3 atom stereocenters. The highest BCUT2D eigenvalue weighted by Crippen LogP contribution is 2.65. The second-order valence-electron chi connectivity index (χ2n) is 9.81. The van der Waals surface area contributed by atoms with Crippen molar-refractivity contribution in [3.8, 4) is 18.2 Å². The van der Waals surface area contributed by atoms with E-state index in [-0.39, 0.29) is 28.5 Å². The maximum atomic E-state index is 14.1. The lowest BCUT2D eigenvalue weighted by Gasteiger charge is -2.52. The number of hydrogen-bond donors (Lipinski definition) is 1. The Balaban J connectivity index is 2.17. The third kappa shape index (κ3) is 2.27. The number of nitrogens with zero attached hydrogens (tertiary/aromatic N) is 4. The SMILES string of the molecule is CN1C(=O)[C@@]2(c3ccccc31)[C@@H]1C[C@H](C(C)(C)C)CC=C1C(C#N)=C(N)C2(C#N)C#N. The molecule has 6 heteroatoms. The summed E-state index contributed by atoms with van der Waals surface area (Å²) in [5.41, 5.74) is 4.98. The molecule has 0 radical (unpaired) electrons. The van der Waals surface area contributed by atoms with Gasteiger partial charge in [-0.3, -0.25) is 4.79 Å². The first-order chi connectivity index (χ1) is 14.6. The molecule has 1 amide bonds. The number of fused-ring (bicyclic) bond motifs is 4. The first kappa shape index (κ1) is 20.7. The lowest BCUT2D eigenvalue weighted by molar-refractivity contribution is -0.127. The van der Waals surface area contributed by atoms with Gasteiger partial charge in [-0.15, -0.1) is 0 Å². The number of hydrogen-bond acceptors (Lipinski definition) is 5. The standard InChI is InChI=1S/C25H25N5O/c1-23(2,3)15-9-10-16-17(12-26)21(29)24(13-27,14-28)25(19(16)11-15)18-7-5-6-8-20(18)30(4)22(25)31/h5-8,10,15,19H,9,11,29H2,1-4H3/t15-,19-,25-/m1/s1. The smallest absolute Gasteiger partial charge is 0.241 e. The highest BCUT2D eigenvalue weighted by atomic mass is 16.2. The second kappa shape index (κ2) is 6.47. The zero-order valence-electron chi connectivity index (χ0n) is 18.2. The van der Waals surface area contributed by atoms with Gasteiger partial charge in [0, 0.05) is 18.7 Å². The first-order valence-electron chi connectivity index (χ1n) is 10.4. The minimum atomic E-state index is -1.97. The number of likely N-dealkylation sites (N-methyl/N-ethyl adjacent to an activating group) is 1. The fourth-order valence-corrected chi connectivity index (χ4v) is 5.86. The van der Waals surface area contributed by atoms with Crippen LogP contribution < -0.4 is 10.6 Å². The van der Waals surface area contributed by atoms with Crippen LogP contribution in [-0.2, 0) is 10.2 Å². The number of benzene rings is 1. The highest BCUT2D eigenvalue weighted by Gasteiger charge is 2.72. The summed E-state index contributed by atoms with van der Waals surface area (Å²) in [6, 6.07) is 13.7. The molecule has 0 aromatic heterocycles. The molecule has 2 N–H and O–H groups in total. The number of amides is 1. The lowest BCUT2D eigenvalue weighted by Crippen LogP contribution is -2.61. The summed E-state index contributed by atoms with van der Waals surface area (Å²) in [7, 11) is 1.67. The number of para-hydroxylation sites is 1. The molecule has 1 aromatic carbocycles. The zero-order valence-corrected chi connectivity index (χ0v) is 18.2. The van der Waals surface area contributed by atoms with Crippen molar-refractivity contribution in [1.29, 1.82) is 15.8 Å². The first-order valence-corrected chi connectivity index (χ1v) is 10.4. The summed E-state index contributed by atoms with van der Waals surface area (Å²) in [6.45, 7) is 6.46. The molecule has 31 heavy (non-hydrogen) atoms. The Bertz CT molecular complexity index is 1170. The van der Waals surface area contributed by atoms with Gasteiger partial charge in [0.25, 0.3) is 0 Å². The second-order valence-corrected chi connectivity index (χ2v) is 9.81. The molecule has 1 aliphatic heterocycles. The molecule has 0 saturated heterocycles. The molecule has 1 heterocycles. The molecule has 0 fully saturated rings. The van der Waals surface area contributed by atoms with Gasteiger partial charge in [0.05, 0.1) is 23.4 Å². The highest BCUT2D eigenvalue weighted by molar-refractivity contribution is 6.10. The number of carbonyl (C=O) groups excluding carboxylic acids is 1. The Morgan fingerprint density at radius 1 is 1.16 bits per heavy atom. The van der Waals surface area contributed by atoms with E-state index in [2.05, 4.69) is 39.0 Å². The van der Waals surface area contributed by atoms with E-state index in [9.17, 15) is 20.6 Å². The summed E-state index contributed by atoms with van der Waals surface area (Å²) >= 11 is 0. The Kier molecular flexibility index (Phi) is 4.32. The maximum Gasteiger partial charge on any atom is 0.241 e. The van der Waals surface area contributed by atoms with Gasteiger partial charge >= 0.3 is 0 Å². The van der Waals surface area contributed by atoms with Crippen molar-refractivity contribution < 1.29 is 4.79 Å². The molecule has 4 rings (SSSR count). The molecular weight excluding hydrogens is 386 g/mol. The van der Waals surface area contributed by atoms with Gasteiger partial charge in [0.2, 0.25) is 11.3 Å². The molecule has 0 unspecified atom stereocenters. The van der Waals surface area contributed by atoms with E-state index in [1.165, 1.54) is 4.90 Å². The van der Waals surface area contributed by atoms with Crippen molar-refractivity contribution in [2.45, 2.75) is 39.0 Å². The third-order valence-electron chi connectivity index (χ3n) is 7.60. The van der Waals surface area contributed by atoms with Crippen LogP contribution in [0.5, 0.6) is 0 Å². The summed E-state index contributed by atoms with van der Waals surface area (Å²) < 4.78 is 0. The molecule has 3 aliphatic rings. The number of nitriles is 3. The zero-order chi connectivity index (χ0) is 22.8. The largest absolute Gasteiger partial charge is 0.399 e. The molecule has 6 nitrogen and oxygen atoms in total. The van der Waals surface area contributed by atoms with E-state index in [0.717, 1.165) is 6.42 Å². The van der Waals surface area contributed by atoms with Crippen LogP contribution in [0, 0.1) is 56.7 Å². The average Bonchev–Trinajstić information content (AvgIpc) is 2.98. The van der Waals surface area contributed by atoms with Crippen LogP contribution in [0.25, 0.3) is 0 Å². The molecule has 1 aromatic rings. The van der Waals surface area contributed by atoms with Crippen molar-refractivity contribution in [3.63, 3.8) is 0 Å². The van der Waals surface area contributed by atoms with Gasteiger partial charge in [-0.05, 0) is 41.4 Å². The van der Waals surface area contributed by atoms with Crippen molar-refractivity contribution in [1.82, 2.24) is 0 Å². The molecule has 2 aliphatic carbocycles. The molecule has 0 bridgehead atoms. The fraction of sp³-hybridized carbons (Fsp3) is 0.440. The Morgan fingerprint density at radius 3 is 2.39 bits per heavy atom. The topological polar surface area (TPSA) is 118 Å². The monoisotopic (exact) mass is 411 g/mol. The molecule has 0 saturated carbocycles. The van der Waals surface area contributed by atoms with E-state index in [0.29, 0.717) is 23.2 Å². The quantitative estimate of drug-likeness (QED) is 0.698. The average molecular weight is 412 g/mol. The van der Waals surface area contributed by atoms with Crippen LogP contribution in [0.15, 0.2) is 47.2 Å². The fourth-order valence-electron chi connectivity index (χ4n) is 5.86. The molecular formula is C25H25N5O. The van der Waals surface area contributed by atoms with E-state index < -0.39 is 16.7 Å². The number of anilines is 1. The van der Waals surface area contributed by atoms with Gasteiger partial charge in [-0.2, -0.15) is 15.8 Å². The van der Waals surface area contributed by atoms with Gasteiger partial charge in [0.15, 0.2) is 0 Å². The summed E-state index contributed by atoms with van der Waals surface area (Å²) in [5, 5.41) is 30.8. The van der Waals surface area contributed by atoms with Crippen LogP contribution in [0.4, 0.5) is 5.69 Å². The van der Waals surface area contributed by atoms with E-state index in [1.807, 2.05) is 30.3 Å². The summed E-state index contributed by atoms with van der Waals surface area (Å²) in [6.07, 6.45) is 3.35. The van der Waals surface area contributed by atoms with Gasteiger partial charge in [-0.25, -0.2) is 0 Å². The maximum absolute atomic E-state index is 14.1. The molecule has 1 spiro atoms. The number of carbonyl (C=O) groups is 1. The number of rotatable bonds is 0. The van der Waals surface area contributed by atoms with Crippen molar-refractivity contribution in [2.75, 3.05) is 11.9 Å². The van der Waals surface area contributed by atoms with Crippen LogP contribution >= 0.6 is 0 Å². The van der Waals surface area contributed by atoms with Crippen LogP contribution in [0.3, 0.4) is 0 Å². The predicted octanol–water partition coefficient (Wildman–Crippen LogP) is 3.68. The third-order valence-corrected chi connectivity index (χ3v) is 7.60. The van der Waals surface area contributed by atoms with Crippen LogP contribution in [-0.4, -0.2) is 13.0 Å². The van der Waals surface area contributed by atoms with Crippen molar-refractivity contribution >= 4 is 11.6 Å². The van der Waals surface area contributed by atoms with Gasteiger partial charge in [-0.1, -0.05) is 45.0 Å². The van der Waals surface area contributed by atoms with Gasteiger partial charge in [0.1, 0.15) is 11.5 Å². The van der Waals surface area contributed by atoms with Gasteiger partial charge < -0.3 is 10.6 Å². The summed E-state index contributed by atoms with van der Waals surface area (Å²) in [4.78, 5) is 15.6. The van der Waals surface area contributed by atoms with Crippen molar-refractivity contribution in [3.05, 3.63) is 52.7 Å². The van der Waals surface area contributed by atoms with Crippen molar-refractivity contribution in [2.24, 2.45) is 28.4 Å². The Morgan fingerprint density at radius 2 is 1.81 bits per heavy atom. The Labute approximate surface area is 182 Å². The minimum Gasteiger partial charge on any atom is -0.399 e. The number of nitrogens with two attached hydrogens (primary N) is 1.